The van der Waals surface area contributed by atoms with E-state index in [0.717, 1.165) is 30.7 Å². The molecule has 0 bridgehead atoms. The van der Waals surface area contributed by atoms with Crippen LogP contribution in [0, 0.1) is 5.92 Å². The van der Waals surface area contributed by atoms with Gasteiger partial charge in [0.1, 0.15) is 0 Å². The van der Waals surface area contributed by atoms with Crippen LogP contribution in [0.3, 0.4) is 0 Å². The van der Waals surface area contributed by atoms with Crippen molar-refractivity contribution in [1.82, 2.24) is 5.32 Å². The van der Waals surface area contributed by atoms with Crippen molar-refractivity contribution in [1.29, 1.82) is 0 Å². The van der Waals surface area contributed by atoms with Gasteiger partial charge < -0.3 is 10.1 Å². The van der Waals surface area contributed by atoms with Crippen LogP contribution in [0.15, 0.2) is 4.99 Å². The molecule has 0 spiro atoms. The first-order valence-electron chi connectivity index (χ1n) is 6.62. The van der Waals surface area contributed by atoms with Gasteiger partial charge in [0.2, 0.25) is 0 Å². The Morgan fingerprint density at radius 3 is 2.88 bits per heavy atom. The van der Waals surface area contributed by atoms with Crippen LogP contribution in [0.1, 0.15) is 40.0 Å². The van der Waals surface area contributed by atoms with Crippen molar-refractivity contribution in [2.24, 2.45) is 10.9 Å². The molecule has 0 aromatic heterocycles. The van der Waals surface area contributed by atoms with Crippen molar-refractivity contribution >= 4 is 16.9 Å². The highest BCUT2D eigenvalue weighted by atomic mass is 32.2. The second-order valence-electron chi connectivity index (χ2n) is 5.10. The summed E-state index contributed by atoms with van der Waals surface area (Å²) in [6.45, 7) is 8.49. The largest absolute Gasteiger partial charge is 0.383 e. The Balaban J connectivity index is 2.31. The second-order valence-corrected chi connectivity index (χ2v) is 6.39. The Morgan fingerprint density at radius 2 is 2.29 bits per heavy atom. The second kappa shape index (κ2) is 7.98. The number of thioether (sulfide) groups is 1. The molecule has 1 rings (SSSR count). The summed E-state index contributed by atoms with van der Waals surface area (Å²) >= 11 is 1.90. The van der Waals surface area contributed by atoms with Gasteiger partial charge in [0, 0.05) is 12.4 Å². The number of nitrogens with one attached hydrogen (secondary N) is 1. The maximum atomic E-state index is 5.23. The van der Waals surface area contributed by atoms with E-state index in [1.165, 1.54) is 12.8 Å². The summed E-state index contributed by atoms with van der Waals surface area (Å²) in [4.78, 5) is 4.59. The van der Waals surface area contributed by atoms with Crippen LogP contribution in [-0.4, -0.2) is 36.7 Å². The third kappa shape index (κ3) is 5.77. The van der Waals surface area contributed by atoms with Crippen molar-refractivity contribution < 1.29 is 4.74 Å². The number of nitrogens with zero attached hydrogens (tertiary/aromatic N) is 1. The summed E-state index contributed by atoms with van der Waals surface area (Å²) in [6.07, 6.45) is 3.57. The summed E-state index contributed by atoms with van der Waals surface area (Å²) in [5.41, 5.74) is 0. The fraction of sp³-hybridized carbons (Fsp3) is 0.923. The average molecular weight is 258 g/mol. The van der Waals surface area contributed by atoms with Crippen LogP contribution >= 0.6 is 11.8 Å². The number of hydrogen-bond acceptors (Lipinski definition) is 4. The third-order valence-electron chi connectivity index (χ3n) is 2.78. The van der Waals surface area contributed by atoms with E-state index in [0.29, 0.717) is 11.3 Å². The topological polar surface area (TPSA) is 33.6 Å². The van der Waals surface area contributed by atoms with Crippen LogP contribution in [0.5, 0.6) is 0 Å². The first kappa shape index (κ1) is 14.8. The summed E-state index contributed by atoms with van der Waals surface area (Å²) in [6, 6.07) is 0.411. The lowest BCUT2D eigenvalue weighted by Crippen LogP contribution is -2.36. The fourth-order valence-corrected chi connectivity index (χ4v) is 3.40. The molecule has 2 atom stereocenters. The van der Waals surface area contributed by atoms with Crippen LogP contribution in [0.4, 0.5) is 0 Å². The van der Waals surface area contributed by atoms with Crippen molar-refractivity contribution in [2.45, 2.75) is 51.3 Å². The molecule has 1 N–H and O–H groups in total. The number of aliphatic imine (C=N–C) groups is 1. The lowest BCUT2D eigenvalue weighted by molar-refractivity contribution is 0.170. The summed E-state index contributed by atoms with van der Waals surface area (Å²) in [7, 11) is 1.76. The summed E-state index contributed by atoms with van der Waals surface area (Å²) < 4.78 is 5.23. The Hall–Kier alpha value is -0.220. The van der Waals surface area contributed by atoms with Crippen LogP contribution in [0.2, 0.25) is 0 Å². The van der Waals surface area contributed by atoms with Crippen molar-refractivity contribution in [2.75, 3.05) is 20.3 Å². The molecule has 3 nitrogen and oxygen atoms in total. The predicted octanol–water partition coefficient (Wildman–Crippen LogP) is 2.91. The Morgan fingerprint density at radius 1 is 1.53 bits per heavy atom. The van der Waals surface area contributed by atoms with Crippen LogP contribution in [0.25, 0.3) is 0 Å². The van der Waals surface area contributed by atoms with Crippen LogP contribution in [-0.2, 0) is 4.74 Å². The van der Waals surface area contributed by atoms with Crippen LogP contribution < -0.4 is 5.32 Å². The lowest BCUT2D eigenvalue weighted by Gasteiger charge is -2.18. The van der Waals surface area contributed by atoms with E-state index in [2.05, 4.69) is 31.1 Å². The molecule has 0 fully saturated rings. The van der Waals surface area contributed by atoms with E-state index in [4.69, 9.17) is 4.74 Å². The molecule has 17 heavy (non-hydrogen) atoms. The zero-order chi connectivity index (χ0) is 12.7. The van der Waals surface area contributed by atoms with Gasteiger partial charge in [0.25, 0.3) is 0 Å². The number of amidine groups is 1. The number of hydrogen-bond donors (Lipinski definition) is 1. The highest BCUT2D eigenvalue weighted by molar-refractivity contribution is 8.14. The van der Waals surface area contributed by atoms with Gasteiger partial charge in [0.05, 0.1) is 19.2 Å². The molecule has 4 heteroatoms. The molecule has 0 aromatic carbocycles. The summed E-state index contributed by atoms with van der Waals surface area (Å²) in [5.74, 6) is 0.757. The standard InChI is InChI=1S/C13H26N2OS/c1-5-6-11(9-16-4)15-13-14-8-12(17-13)7-10(2)3/h10-12H,5-9H2,1-4H3,(H,14,15). The average Bonchev–Trinajstić information content (AvgIpc) is 2.65. The normalized spacial score (nSPS) is 21.7. The molecular weight excluding hydrogens is 232 g/mol. The minimum atomic E-state index is 0.411. The highest BCUT2D eigenvalue weighted by Gasteiger charge is 2.22. The molecule has 100 valence electrons. The fourth-order valence-electron chi connectivity index (χ4n) is 2.07. The molecule has 1 heterocycles. The number of methoxy groups -OCH3 is 1. The van der Waals surface area contributed by atoms with Gasteiger partial charge in [-0.05, 0) is 18.8 Å². The van der Waals surface area contributed by atoms with E-state index in [-0.39, 0.29) is 0 Å². The monoisotopic (exact) mass is 258 g/mol. The van der Waals surface area contributed by atoms with Gasteiger partial charge in [-0.15, -0.1) is 0 Å². The minimum Gasteiger partial charge on any atom is -0.383 e. The molecular formula is C13H26N2OS. The molecule has 0 amide bonds. The van der Waals surface area contributed by atoms with Gasteiger partial charge in [-0.2, -0.15) is 0 Å². The number of ether oxygens (including phenoxy) is 1. The molecule has 0 radical (unpaired) electrons. The zero-order valence-electron chi connectivity index (χ0n) is 11.5. The summed E-state index contributed by atoms with van der Waals surface area (Å²) in [5, 5.41) is 5.29. The minimum absolute atomic E-state index is 0.411. The van der Waals surface area contributed by atoms with Gasteiger partial charge in [-0.1, -0.05) is 39.0 Å². The molecule has 0 saturated carbocycles. The molecule has 0 aromatic rings. The van der Waals surface area contributed by atoms with Crippen molar-refractivity contribution in [3.05, 3.63) is 0 Å². The SMILES string of the molecule is CCCC(COC)NC1=NCC(CC(C)C)S1. The molecule has 0 saturated heterocycles. The Labute approximate surface area is 110 Å². The van der Waals surface area contributed by atoms with E-state index in [1.54, 1.807) is 7.11 Å². The zero-order valence-corrected chi connectivity index (χ0v) is 12.3. The molecule has 2 unspecified atom stereocenters. The maximum Gasteiger partial charge on any atom is 0.157 e. The lowest BCUT2D eigenvalue weighted by atomic mass is 10.1. The third-order valence-corrected chi connectivity index (χ3v) is 3.93. The highest BCUT2D eigenvalue weighted by Crippen LogP contribution is 2.25. The first-order chi connectivity index (χ1) is 8.15. The van der Waals surface area contributed by atoms with E-state index < -0.39 is 0 Å². The molecule has 1 aliphatic rings. The van der Waals surface area contributed by atoms with Gasteiger partial charge in [-0.3, -0.25) is 4.99 Å². The quantitative estimate of drug-likeness (QED) is 0.762. The molecule has 0 aliphatic carbocycles. The van der Waals surface area contributed by atoms with E-state index in [9.17, 15) is 0 Å². The number of rotatable bonds is 7. The van der Waals surface area contributed by atoms with E-state index >= 15 is 0 Å². The van der Waals surface area contributed by atoms with E-state index in [1.807, 2.05) is 11.8 Å². The predicted molar refractivity (Wildman–Crippen MR) is 76.8 cm³/mol. The Bertz CT molecular complexity index is 238. The van der Waals surface area contributed by atoms with Crippen molar-refractivity contribution in [3.8, 4) is 0 Å². The smallest absolute Gasteiger partial charge is 0.157 e. The van der Waals surface area contributed by atoms with Gasteiger partial charge >= 0.3 is 0 Å². The Kier molecular flexibility index (Phi) is 6.97. The van der Waals surface area contributed by atoms with Crippen molar-refractivity contribution in [3.63, 3.8) is 0 Å². The first-order valence-corrected chi connectivity index (χ1v) is 7.50. The van der Waals surface area contributed by atoms with Gasteiger partial charge in [0.15, 0.2) is 5.17 Å². The van der Waals surface area contributed by atoms with Gasteiger partial charge in [-0.25, -0.2) is 0 Å². The molecule has 1 aliphatic heterocycles. The maximum absolute atomic E-state index is 5.23.